The van der Waals surface area contributed by atoms with Crippen LogP contribution in [0.15, 0.2) is 24.3 Å². The molecule has 0 amide bonds. The first-order chi connectivity index (χ1) is 5.92. The molecular formula is C10H12N2. The zero-order valence-corrected chi connectivity index (χ0v) is 7.09. The molecule has 0 unspecified atom stereocenters. The van der Waals surface area contributed by atoms with Gasteiger partial charge in [0.05, 0.1) is 11.4 Å². The molecule has 0 saturated heterocycles. The number of nitrogens with one attached hydrogen (secondary N) is 2. The number of benzene rings is 1. The standard InChI is InChI=1S/C10H12N2/c1-11-9-6-2-4-8-5-3-7-12-10(8)9/h2-6,11-12H,7H2,1H3. The molecule has 0 bridgehead atoms. The fourth-order valence-electron chi connectivity index (χ4n) is 1.46. The minimum absolute atomic E-state index is 0.922. The van der Waals surface area contributed by atoms with Gasteiger partial charge in [-0.1, -0.05) is 24.3 Å². The van der Waals surface area contributed by atoms with E-state index in [0.29, 0.717) is 0 Å². The van der Waals surface area contributed by atoms with E-state index in [1.807, 2.05) is 7.05 Å². The number of fused-ring (bicyclic) bond motifs is 1. The average Bonchev–Trinajstić information content (AvgIpc) is 2.17. The summed E-state index contributed by atoms with van der Waals surface area (Å²) in [6.07, 6.45) is 4.27. The van der Waals surface area contributed by atoms with E-state index in [1.165, 1.54) is 11.3 Å². The van der Waals surface area contributed by atoms with Crippen LogP contribution in [-0.2, 0) is 0 Å². The lowest BCUT2D eigenvalue weighted by Gasteiger charge is -2.16. The monoisotopic (exact) mass is 160 g/mol. The van der Waals surface area contributed by atoms with Crippen LogP contribution in [0, 0.1) is 0 Å². The first kappa shape index (κ1) is 7.22. The minimum atomic E-state index is 0.922. The summed E-state index contributed by atoms with van der Waals surface area (Å²) in [5.74, 6) is 0. The molecule has 1 aromatic carbocycles. The second-order valence-corrected chi connectivity index (χ2v) is 2.80. The van der Waals surface area contributed by atoms with Crippen molar-refractivity contribution in [2.75, 3.05) is 24.2 Å². The van der Waals surface area contributed by atoms with E-state index in [1.54, 1.807) is 0 Å². The molecule has 12 heavy (non-hydrogen) atoms. The first-order valence-corrected chi connectivity index (χ1v) is 4.13. The number of para-hydroxylation sites is 1. The summed E-state index contributed by atoms with van der Waals surface area (Å²) < 4.78 is 0. The van der Waals surface area contributed by atoms with Gasteiger partial charge in [0.15, 0.2) is 0 Å². The predicted molar refractivity (Wildman–Crippen MR) is 53.5 cm³/mol. The molecule has 1 aromatic rings. The SMILES string of the molecule is CNc1cccc2c1NCC=C2. The molecule has 1 heterocycles. The molecule has 0 radical (unpaired) electrons. The number of rotatable bonds is 1. The molecular weight excluding hydrogens is 148 g/mol. The molecule has 2 rings (SSSR count). The Hall–Kier alpha value is -1.44. The predicted octanol–water partition coefficient (Wildman–Crippen LogP) is 2.17. The molecule has 2 nitrogen and oxygen atoms in total. The Kier molecular flexibility index (Phi) is 1.74. The molecule has 62 valence electrons. The van der Waals surface area contributed by atoms with Crippen LogP contribution in [-0.4, -0.2) is 13.6 Å². The van der Waals surface area contributed by atoms with E-state index in [4.69, 9.17) is 0 Å². The fourth-order valence-corrected chi connectivity index (χ4v) is 1.46. The second-order valence-electron chi connectivity index (χ2n) is 2.80. The lowest BCUT2D eigenvalue weighted by atomic mass is 10.1. The topological polar surface area (TPSA) is 24.1 Å². The maximum Gasteiger partial charge on any atom is 0.0651 e. The van der Waals surface area contributed by atoms with Crippen molar-refractivity contribution >= 4 is 17.5 Å². The molecule has 0 atom stereocenters. The van der Waals surface area contributed by atoms with Crippen molar-refractivity contribution in [2.45, 2.75) is 0 Å². The summed E-state index contributed by atoms with van der Waals surface area (Å²) in [4.78, 5) is 0. The van der Waals surface area contributed by atoms with Gasteiger partial charge in [-0.25, -0.2) is 0 Å². The molecule has 2 heteroatoms. The van der Waals surface area contributed by atoms with Crippen LogP contribution < -0.4 is 10.6 Å². The van der Waals surface area contributed by atoms with Crippen LogP contribution in [0.5, 0.6) is 0 Å². The Morgan fingerprint density at radius 3 is 3.17 bits per heavy atom. The molecule has 0 saturated carbocycles. The largest absolute Gasteiger partial charge is 0.386 e. The van der Waals surface area contributed by atoms with E-state index in [9.17, 15) is 0 Å². The highest BCUT2D eigenvalue weighted by molar-refractivity contribution is 5.81. The lowest BCUT2D eigenvalue weighted by molar-refractivity contribution is 1.30. The third-order valence-corrected chi connectivity index (χ3v) is 2.06. The van der Waals surface area contributed by atoms with Gasteiger partial charge in [-0.15, -0.1) is 0 Å². The van der Waals surface area contributed by atoms with Crippen molar-refractivity contribution in [2.24, 2.45) is 0 Å². The summed E-state index contributed by atoms with van der Waals surface area (Å²) in [6, 6.07) is 6.24. The normalized spacial score (nSPS) is 13.4. The highest BCUT2D eigenvalue weighted by Gasteiger charge is 2.06. The lowest BCUT2D eigenvalue weighted by Crippen LogP contribution is -2.06. The van der Waals surface area contributed by atoms with Crippen molar-refractivity contribution in [1.82, 2.24) is 0 Å². The van der Waals surface area contributed by atoms with E-state index in [-0.39, 0.29) is 0 Å². The maximum atomic E-state index is 3.33. The van der Waals surface area contributed by atoms with E-state index in [0.717, 1.165) is 12.2 Å². The van der Waals surface area contributed by atoms with Gasteiger partial charge in [-0.2, -0.15) is 0 Å². The van der Waals surface area contributed by atoms with Crippen molar-refractivity contribution in [3.63, 3.8) is 0 Å². The van der Waals surface area contributed by atoms with Crippen LogP contribution in [0.1, 0.15) is 5.56 Å². The minimum Gasteiger partial charge on any atom is -0.386 e. The van der Waals surface area contributed by atoms with E-state index >= 15 is 0 Å². The van der Waals surface area contributed by atoms with E-state index in [2.05, 4.69) is 41.0 Å². The van der Waals surface area contributed by atoms with Crippen LogP contribution in [0.3, 0.4) is 0 Å². The molecule has 1 aliphatic rings. The summed E-state index contributed by atoms with van der Waals surface area (Å²) in [5, 5.41) is 6.49. The van der Waals surface area contributed by atoms with Gasteiger partial charge in [0.1, 0.15) is 0 Å². The van der Waals surface area contributed by atoms with Gasteiger partial charge >= 0.3 is 0 Å². The van der Waals surface area contributed by atoms with Crippen LogP contribution in [0.2, 0.25) is 0 Å². The number of hydrogen-bond donors (Lipinski definition) is 2. The second kappa shape index (κ2) is 2.89. The molecule has 0 aliphatic carbocycles. The summed E-state index contributed by atoms with van der Waals surface area (Å²) in [7, 11) is 1.94. The third-order valence-electron chi connectivity index (χ3n) is 2.06. The van der Waals surface area contributed by atoms with Crippen molar-refractivity contribution in [1.29, 1.82) is 0 Å². The zero-order chi connectivity index (χ0) is 8.39. The van der Waals surface area contributed by atoms with Gasteiger partial charge in [-0.3, -0.25) is 0 Å². The van der Waals surface area contributed by atoms with Gasteiger partial charge in [0, 0.05) is 13.6 Å². The van der Waals surface area contributed by atoms with Crippen molar-refractivity contribution in [3.05, 3.63) is 29.8 Å². The molecule has 0 aromatic heterocycles. The molecule has 1 aliphatic heterocycles. The Labute approximate surface area is 72.3 Å². The quantitative estimate of drug-likeness (QED) is 0.658. The Bertz CT molecular complexity index is 316. The van der Waals surface area contributed by atoms with E-state index < -0.39 is 0 Å². The highest BCUT2D eigenvalue weighted by Crippen LogP contribution is 2.28. The Balaban J connectivity index is 2.53. The number of anilines is 2. The van der Waals surface area contributed by atoms with Crippen molar-refractivity contribution in [3.8, 4) is 0 Å². The maximum absolute atomic E-state index is 3.33. The highest BCUT2D eigenvalue weighted by atomic mass is 14.9. The third kappa shape index (κ3) is 1.05. The van der Waals surface area contributed by atoms with Gasteiger partial charge in [0.25, 0.3) is 0 Å². The van der Waals surface area contributed by atoms with Gasteiger partial charge < -0.3 is 10.6 Å². The van der Waals surface area contributed by atoms with Gasteiger partial charge in [0.2, 0.25) is 0 Å². The van der Waals surface area contributed by atoms with Gasteiger partial charge in [-0.05, 0) is 11.6 Å². The Morgan fingerprint density at radius 1 is 1.42 bits per heavy atom. The average molecular weight is 160 g/mol. The summed E-state index contributed by atoms with van der Waals surface area (Å²) in [5.41, 5.74) is 3.63. The summed E-state index contributed by atoms with van der Waals surface area (Å²) >= 11 is 0. The number of hydrogen-bond acceptors (Lipinski definition) is 2. The molecule has 2 N–H and O–H groups in total. The van der Waals surface area contributed by atoms with Crippen LogP contribution >= 0.6 is 0 Å². The smallest absolute Gasteiger partial charge is 0.0651 e. The molecule has 0 fully saturated rings. The van der Waals surface area contributed by atoms with Crippen LogP contribution in [0.4, 0.5) is 11.4 Å². The molecule has 0 spiro atoms. The van der Waals surface area contributed by atoms with Crippen LogP contribution in [0.25, 0.3) is 6.08 Å². The van der Waals surface area contributed by atoms with Crippen molar-refractivity contribution < 1.29 is 0 Å². The fraction of sp³-hybridized carbons (Fsp3) is 0.200. The summed E-state index contributed by atoms with van der Waals surface area (Å²) in [6.45, 7) is 0.922. The first-order valence-electron chi connectivity index (χ1n) is 4.13. The zero-order valence-electron chi connectivity index (χ0n) is 7.09. The Morgan fingerprint density at radius 2 is 2.33 bits per heavy atom.